The molecule has 2 rings (SSSR count). The lowest BCUT2D eigenvalue weighted by atomic mass is 9.63. The number of hydrogen-bond acceptors (Lipinski definition) is 2. The zero-order chi connectivity index (χ0) is 12.4. The number of ether oxygens (including phenoxy) is 1. The third-order valence-electron chi connectivity index (χ3n) is 4.71. The molecule has 5 atom stereocenters. The first-order valence-electron chi connectivity index (χ1n) is 6.97. The van der Waals surface area contributed by atoms with Crippen LogP contribution in [0.3, 0.4) is 0 Å². The van der Waals surface area contributed by atoms with Crippen molar-refractivity contribution in [2.45, 2.75) is 52.6 Å². The lowest BCUT2D eigenvalue weighted by Gasteiger charge is -2.44. The summed E-state index contributed by atoms with van der Waals surface area (Å²) >= 11 is 0. The van der Waals surface area contributed by atoms with Crippen molar-refractivity contribution in [1.29, 1.82) is 0 Å². The highest BCUT2D eigenvalue weighted by atomic mass is 16.5. The van der Waals surface area contributed by atoms with E-state index in [9.17, 15) is 4.79 Å². The quantitative estimate of drug-likeness (QED) is 0.553. The Labute approximate surface area is 104 Å². The Balaban J connectivity index is 2.26. The van der Waals surface area contributed by atoms with Gasteiger partial charge in [-0.05, 0) is 37.0 Å². The van der Waals surface area contributed by atoms with Gasteiger partial charge in [0.25, 0.3) is 6.47 Å². The molecule has 0 spiro atoms. The van der Waals surface area contributed by atoms with E-state index in [0.717, 1.165) is 12.3 Å². The smallest absolute Gasteiger partial charge is 0.293 e. The Morgan fingerprint density at radius 1 is 1.47 bits per heavy atom. The minimum atomic E-state index is 0.121. The summed E-state index contributed by atoms with van der Waals surface area (Å²) in [5.41, 5.74) is 1.56. The molecule has 1 fully saturated rings. The molecule has 0 radical (unpaired) electrons. The molecule has 0 saturated heterocycles. The highest BCUT2D eigenvalue weighted by Gasteiger charge is 2.41. The Morgan fingerprint density at radius 3 is 2.88 bits per heavy atom. The molecule has 17 heavy (non-hydrogen) atoms. The van der Waals surface area contributed by atoms with Gasteiger partial charge in [0.15, 0.2) is 0 Å². The van der Waals surface area contributed by atoms with Crippen LogP contribution in [-0.2, 0) is 9.53 Å². The van der Waals surface area contributed by atoms with Crippen LogP contribution in [0.1, 0.15) is 46.5 Å². The second-order valence-corrected chi connectivity index (χ2v) is 5.84. The maximum atomic E-state index is 10.7. The molecule has 2 unspecified atom stereocenters. The SMILES string of the molecule is CC[C@H]1C(C)CCC2=C[C@H](C)C[C@H](OC=O)C21. The Bertz CT molecular complexity index is 308. The molecule has 0 aromatic heterocycles. The highest BCUT2D eigenvalue weighted by Crippen LogP contribution is 2.46. The molecule has 0 aromatic rings. The topological polar surface area (TPSA) is 26.3 Å². The van der Waals surface area contributed by atoms with Crippen molar-refractivity contribution in [3.8, 4) is 0 Å². The molecule has 2 aliphatic rings. The summed E-state index contributed by atoms with van der Waals surface area (Å²) < 4.78 is 5.38. The second-order valence-electron chi connectivity index (χ2n) is 5.84. The maximum Gasteiger partial charge on any atom is 0.293 e. The van der Waals surface area contributed by atoms with E-state index in [1.807, 2.05) is 0 Å². The van der Waals surface area contributed by atoms with Gasteiger partial charge in [0, 0.05) is 5.92 Å². The van der Waals surface area contributed by atoms with Crippen molar-refractivity contribution in [3.63, 3.8) is 0 Å². The summed E-state index contributed by atoms with van der Waals surface area (Å²) in [7, 11) is 0. The Hall–Kier alpha value is -0.790. The molecule has 0 N–H and O–H groups in total. The van der Waals surface area contributed by atoms with Crippen LogP contribution in [0.15, 0.2) is 11.6 Å². The number of carbonyl (C=O) groups excluding carboxylic acids is 1. The fourth-order valence-corrected chi connectivity index (χ4v) is 3.93. The number of allylic oxidation sites excluding steroid dienone is 1. The second kappa shape index (κ2) is 5.24. The Morgan fingerprint density at radius 2 is 2.24 bits per heavy atom. The number of carbonyl (C=O) groups is 1. The monoisotopic (exact) mass is 236 g/mol. The van der Waals surface area contributed by atoms with Gasteiger partial charge < -0.3 is 4.74 Å². The maximum absolute atomic E-state index is 10.7. The third kappa shape index (κ3) is 2.41. The molecular formula is C15H24O2. The minimum Gasteiger partial charge on any atom is -0.464 e. The largest absolute Gasteiger partial charge is 0.464 e. The average Bonchev–Trinajstić information content (AvgIpc) is 2.30. The molecule has 0 amide bonds. The first kappa shape index (κ1) is 12.7. The fraction of sp³-hybridized carbons (Fsp3) is 0.800. The van der Waals surface area contributed by atoms with Crippen molar-refractivity contribution >= 4 is 6.47 Å². The third-order valence-corrected chi connectivity index (χ3v) is 4.71. The van der Waals surface area contributed by atoms with Crippen LogP contribution in [0.5, 0.6) is 0 Å². The predicted octanol–water partition coefficient (Wildman–Crippen LogP) is 3.57. The molecule has 0 aromatic carbocycles. The van der Waals surface area contributed by atoms with Gasteiger partial charge in [-0.2, -0.15) is 0 Å². The molecular weight excluding hydrogens is 212 g/mol. The van der Waals surface area contributed by atoms with Gasteiger partial charge in [0.1, 0.15) is 6.10 Å². The van der Waals surface area contributed by atoms with Crippen LogP contribution in [0, 0.1) is 23.7 Å². The first-order valence-corrected chi connectivity index (χ1v) is 6.97. The summed E-state index contributed by atoms with van der Waals surface area (Å²) in [6, 6.07) is 0. The molecule has 2 aliphatic carbocycles. The lowest BCUT2D eigenvalue weighted by molar-refractivity contribution is -0.138. The number of rotatable bonds is 3. The van der Waals surface area contributed by atoms with Crippen LogP contribution in [0.2, 0.25) is 0 Å². The van der Waals surface area contributed by atoms with Gasteiger partial charge in [0.2, 0.25) is 0 Å². The first-order chi connectivity index (χ1) is 8.17. The van der Waals surface area contributed by atoms with E-state index in [1.54, 1.807) is 5.57 Å². The van der Waals surface area contributed by atoms with Crippen LogP contribution in [0.25, 0.3) is 0 Å². The normalized spacial score (nSPS) is 41.4. The van der Waals surface area contributed by atoms with Gasteiger partial charge in [-0.25, -0.2) is 0 Å². The Kier molecular flexibility index (Phi) is 3.90. The van der Waals surface area contributed by atoms with Crippen molar-refractivity contribution in [2.75, 3.05) is 0 Å². The van der Waals surface area contributed by atoms with Crippen molar-refractivity contribution < 1.29 is 9.53 Å². The summed E-state index contributed by atoms with van der Waals surface area (Å²) in [4.78, 5) is 10.7. The van der Waals surface area contributed by atoms with Gasteiger partial charge in [-0.3, -0.25) is 4.79 Å². The molecule has 96 valence electrons. The van der Waals surface area contributed by atoms with E-state index in [2.05, 4.69) is 26.8 Å². The number of fused-ring (bicyclic) bond motifs is 1. The van der Waals surface area contributed by atoms with Gasteiger partial charge >= 0.3 is 0 Å². The molecule has 0 bridgehead atoms. The predicted molar refractivity (Wildman–Crippen MR) is 68.5 cm³/mol. The van der Waals surface area contributed by atoms with Gasteiger partial charge in [-0.1, -0.05) is 38.8 Å². The van der Waals surface area contributed by atoms with E-state index in [-0.39, 0.29) is 6.10 Å². The summed E-state index contributed by atoms with van der Waals surface area (Å²) in [6.45, 7) is 7.48. The summed E-state index contributed by atoms with van der Waals surface area (Å²) in [6.07, 6.45) is 7.23. The van der Waals surface area contributed by atoms with E-state index in [0.29, 0.717) is 24.2 Å². The average molecular weight is 236 g/mol. The van der Waals surface area contributed by atoms with E-state index in [4.69, 9.17) is 4.74 Å². The van der Waals surface area contributed by atoms with Crippen molar-refractivity contribution in [3.05, 3.63) is 11.6 Å². The zero-order valence-electron chi connectivity index (χ0n) is 11.2. The summed E-state index contributed by atoms with van der Waals surface area (Å²) in [5.74, 6) is 2.49. The lowest BCUT2D eigenvalue weighted by Crippen LogP contribution is -2.41. The summed E-state index contributed by atoms with van der Waals surface area (Å²) in [5, 5.41) is 0. The molecule has 0 aliphatic heterocycles. The highest BCUT2D eigenvalue weighted by molar-refractivity contribution is 5.38. The molecule has 2 heteroatoms. The zero-order valence-corrected chi connectivity index (χ0v) is 11.2. The molecule has 2 nitrogen and oxygen atoms in total. The fourth-order valence-electron chi connectivity index (χ4n) is 3.93. The van der Waals surface area contributed by atoms with Gasteiger partial charge in [0.05, 0.1) is 0 Å². The minimum absolute atomic E-state index is 0.121. The van der Waals surface area contributed by atoms with E-state index >= 15 is 0 Å². The van der Waals surface area contributed by atoms with Crippen LogP contribution in [0.4, 0.5) is 0 Å². The standard InChI is InChI=1S/C15H24O2/c1-4-13-11(3)5-6-12-7-10(2)8-14(15(12)13)17-9-16/h7,9-11,13-15H,4-6,8H2,1-3H3/t10-,11?,13-,14-,15?/m0/s1. The number of hydrogen-bond donors (Lipinski definition) is 0. The van der Waals surface area contributed by atoms with Gasteiger partial charge in [-0.15, -0.1) is 0 Å². The van der Waals surface area contributed by atoms with Crippen LogP contribution < -0.4 is 0 Å². The van der Waals surface area contributed by atoms with E-state index in [1.165, 1.54) is 19.3 Å². The van der Waals surface area contributed by atoms with Crippen molar-refractivity contribution in [2.24, 2.45) is 23.7 Å². The van der Waals surface area contributed by atoms with Crippen LogP contribution >= 0.6 is 0 Å². The molecule has 1 saturated carbocycles. The van der Waals surface area contributed by atoms with Crippen molar-refractivity contribution in [1.82, 2.24) is 0 Å². The van der Waals surface area contributed by atoms with Crippen LogP contribution in [-0.4, -0.2) is 12.6 Å². The van der Waals surface area contributed by atoms with E-state index < -0.39 is 0 Å². The molecule has 0 heterocycles.